The van der Waals surface area contributed by atoms with Crippen LogP contribution in [0.3, 0.4) is 0 Å². The highest BCUT2D eigenvalue weighted by molar-refractivity contribution is 7.86. The molecule has 2 atom stereocenters. The van der Waals surface area contributed by atoms with E-state index < -0.39 is 16.2 Å². The molecule has 88 valence electrons. The molecule has 0 spiro atoms. The summed E-state index contributed by atoms with van der Waals surface area (Å²) in [5.74, 6) is -0.0606. The first-order valence-corrected chi connectivity index (χ1v) is 6.44. The molecule has 0 aromatic carbocycles. The average Bonchev–Trinajstić information content (AvgIpc) is 2.48. The van der Waals surface area contributed by atoms with Crippen molar-refractivity contribution in [1.29, 1.82) is 0 Å². The molecule has 1 saturated heterocycles. The molecule has 0 unspecified atom stereocenters. The molecule has 6 nitrogen and oxygen atoms in total. The van der Waals surface area contributed by atoms with Gasteiger partial charge in [-0.3, -0.25) is 8.98 Å². The van der Waals surface area contributed by atoms with E-state index in [0.29, 0.717) is 13.0 Å². The Labute approximate surface area is 89.7 Å². The second kappa shape index (κ2) is 4.46. The fourth-order valence-electron chi connectivity index (χ4n) is 1.52. The number of carbonyl (C=O) groups excluding carboxylic acids is 1. The van der Waals surface area contributed by atoms with Gasteiger partial charge in [-0.25, -0.2) is 0 Å². The summed E-state index contributed by atoms with van der Waals surface area (Å²) in [6, 6.07) is -0.341. The lowest BCUT2D eigenvalue weighted by atomic mass is 10.2. The highest BCUT2D eigenvalue weighted by Crippen LogP contribution is 2.13. The van der Waals surface area contributed by atoms with Crippen LogP contribution in [0.2, 0.25) is 0 Å². The predicted molar refractivity (Wildman–Crippen MR) is 54.8 cm³/mol. The molecule has 0 bridgehead atoms. The van der Waals surface area contributed by atoms with Gasteiger partial charge in [0.1, 0.15) is 0 Å². The summed E-state index contributed by atoms with van der Waals surface area (Å²) in [6.45, 7) is 0.386. The SMILES string of the molecule is CN(C)C(=O)[C@@H]1C[C@@H](OS(C)(=O)=O)CN1. The minimum atomic E-state index is -3.44. The van der Waals surface area contributed by atoms with Crippen molar-refractivity contribution in [3.63, 3.8) is 0 Å². The summed E-state index contributed by atoms with van der Waals surface area (Å²) in [7, 11) is -0.119. The van der Waals surface area contributed by atoms with Crippen LogP contribution in [-0.4, -0.2) is 58.3 Å². The first kappa shape index (κ1) is 12.4. The molecule has 1 aliphatic heterocycles. The summed E-state index contributed by atoms with van der Waals surface area (Å²) in [5, 5.41) is 2.93. The zero-order valence-corrected chi connectivity index (χ0v) is 9.87. The number of nitrogens with zero attached hydrogens (tertiary/aromatic N) is 1. The van der Waals surface area contributed by atoms with Crippen LogP contribution in [0.4, 0.5) is 0 Å². The zero-order chi connectivity index (χ0) is 11.6. The van der Waals surface area contributed by atoms with E-state index in [1.54, 1.807) is 14.1 Å². The van der Waals surface area contributed by atoms with Crippen LogP contribution in [0.15, 0.2) is 0 Å². The summed E-state index contributed by atoms with van der Waals surface area (Å²) >= 11 is 0. The van der Waals surface area contributed by atoms with Crippen LogP contribution in [0.1, 0.15) is 6.42 Å². The summed E-state index contributed by atoms with van der Waals surface area (Å²) in [4.78, 5) is 13.0. The lowest BCUT2D eigenvalue weighted by molar-refractivity contribution is -0.130. The summed E-state index contributed by atoms with van der Waals surface area (Å²) in [6.07, 6.45) is 0.965. The molecule has 7 heteroatoms. The average molecular weight is 236 g/mol. The van der Waals surface area contributed by atoms with Crippen molar-refractivity contribution < 1.29 is 17.4 Å². The van der Waals surface area contributed by atoms with Gasteiger partial charge in [-0.2, -0.15) is 8.42 Å². The molecular formula is C8H16N2O4S. The molecule has 0 aromatic rings. The third kappa shape index (κ3) is 3.77. The Bertz CT molecular complexity index is 339. The lowest BCUT2D eigenvalue weighted by Gasteiger charge is -2.15. The molecule has 1 heterocycles. The number of hydrogen-bond donors (Lipinski definition) is 1. The summed E-state index contributed by atoms with van der Waals surface area (Å²) < 4.78 is 26.5. The monoisotopic (exact) mass is 236 g/mol. The van der Waals surface area contributed by atoms with Crippen molar-refractivity contribution in [2.75, 3.05) is 26.9 Å². The third-order valence-corrected chi connectivity index (χ3v) is 2.76. The highest BCUT2D eigenvalue weighted by Gasteiger charge is 2.32. The van der Waals surface area contributed by atoms with Crippen LogP contribution in [-0.2, 0) is 19.1 Å². The molecule has 0 aromatic heterocycles. The fraction of sp³-hybridized carbons (Fsp3) is 0.875. The Kier molecular flexibility index (Phi) is 3.69. The number of nitrogens with one attached hydrogen (secondary N) is 1. The van der Waals surface area contributed by atoms with Crippen molar-refractivity contribution in [3.05, 3.63) is 0 Å². The molecule has 15 heavy (non-hydrogen) atoms. The van der Waals surface area contributed by atoms with Gasteiger partial charge in [-0.05, 0) is 0 Å². The van der Waals surface area contributed by atoms with E-state index in [2.05, 4.69) is 5.32 Å². The molecule has 1 rings (SSSR count). The van der Waals surface area contributed by atoms with Crippen LogP contribution in [0.5, 0.6) is 0 Å². The van der Waals surface area contributed by atoms with Gasteiger partial charge < -0.3 is 10.2 Å². The fourth-order valence-corrected chi connectivity index (χ4v) is 2.16. The Morgan fingerprint density at radius 1 is 1.47 bits per heavy atom. The van der Waals surface area contributed by atoms with Crippen LogP contribution >= 0.6 is 0 Å². The normalized spacial score (nSPS) is 26.6. The topological polar surface area (TPSA) is 75.7 Å². The quantitative estimate of drug-likeness (QED) is 0.622. The number of rotatable bonds is 3. The van der Waals surface area contributed by atoms with Crippen molar-refractivity contribution in [3.8, 4) is 0 Å². The second-order valence-corrected chi connectivity index (χ2v) is 5.45. The Morgan fingerprint density at radius 3 is 2.53 bits per heavy atom. The van der Waals surface area contributed by atoms with Crippen molar-refractivity contribution in [2.24, 2.45) is 0 Å². The van der Waals surface area contributed by atoms with Crippen molar-refractivity contribution >= 4 is 16.0 Å². The van der Waals surface area contributed by atoms with Crippen molar-refractivity contribution in [2.45, 2.75) is 18.6 Å². The number of likely N-dealkylation sites (N-methyl/N-ethyl adjacent to an activating group) is 1. The lowest BCUT2D eigenvalue weighted by Crippen LogP contribution is -2.39. The first-order valence-electron chi connectivity index (χ1n) is 4.62. The molecule has 1 fully saturated rings. The third-order valence-electron chi connectivity index (χ3n) is 2.14. The first-order chi connectivity index (χ1) is 6.79. The van der Waals surface area contributed by atoms with Gasteiger partial charge in [0.05, 0.1) is 18.4 Å². The number of hydrogen-bond acceptors (Lipinski definition) is 5. The Hall–Kier alpha value is -0.660. The Morgan fingerprint density at radius 2 is 2.07 bits per heavy atom. The number of carbonyl (C=O) groups is 1. The van der Waals surface area contributed by atoms with Gasteiger partial charge in [-0.15, -0.1) is 0 Å². The molecule has 1 N–H and O–H groups in total. The molecule has 1 aliphatic rings. The zero-order valence-electron chi connectivity index (χ0n) is 9.06. The second-order valence-electron chi connectivity index (χ2n) is 3.85. The van der Waals surface area contributed by atoms with Gasteiger partial charge in [0.15, 0.2) is 0 Å². The van der Waals surface area contributed by atoms with Gasteiger partial charge in [0, 0.05) is 27.1 Å². The minimum absolute atomic E-state index is 0.0606. The van der Waals surface area contributed by atoms with Gasteiger partial charge in [0.2, 0.25) is 5.91 Å². The van der Waals surface area contributed by atoms with E-state index in [1.165, 1.54) is 4.90 Å². The molecular weight excluding hydrogens is 220 g/mol. The van der Waals surface area contributed by atoms with E-state index in [1.807, 2.05) is 0 Å². The van der Waals surface area contributed by atoms with E-state index in [-0.39, 0.29) is 11.9 Å². The minimum Gasteiger partial charge on any atom is -0.347 e. The molecule has 0 aliphatic carbocycles. The number of amides is 1. The maximum atomic E-state index is 11.5. The maximum Gasteiger partial charge on any atom is 0.264 e. The molecule has 1 amide bonds. The molecule has 0 radical (unpaired) electrons. The van der Waals surface area contributed by atoms with E-state index in [9.17, 15) is 13.2 Å². The van der Waals surface area contributed by atoms with Crippen LogP contribution < -0.4 is 5.32 Å². The maximum absolute atomic E-state index is 11.5. The van der Waals surface area contributed by atoms with Gasteiger partial charge >= 0.3 is 0 Å². The largest absolute Gasteiger partial charge is 0.347 e. The predicted octanol–water partition coefficient (Wildman–Crippen LogP) is -1.22. The Balaban J connectivity index is 2.50. The molecule has 0 saturated carbocycles. The van der Waals surface area contributed by atoms with Crippen molar-refractivity contribution in [1.82, 2.24) is 10.2 Å². The van der Waals surface area contributed by atoms with Gasteiger partial charge in [0.25, 0.3) is 10.1 Å². The van der Waals surface area contributed by atoms with E-state index >= 15 is 0 Å². The smallest absolute Gasteiger partial charge is 0.264 e. The van der Waals surface area contributed by atoms with E-state index in [0.717, 1.165) is 6.26 Å². The standard InChI is InChI=1S/C8H16N2O4S/c1-10(2)8(11)7-4-6(5-9-7)14-15(3,12)13/h6-7,9H,4-5H2,1-3H3/t6-,7+/m1/s1. The van der Waals surface area contributed by atoms with Gasteiger partial charge in [-0.1, -0.05) is 0 Å². The summed E-state index contributed by atoms with van der Waals surface area (Å²) in [5.41, 5.74) is 0. The highest BCUT2D eigenvalue weighted by atomic mass is 32.2. The van der Waals surface area contributed by atoms with Crippen LogP contribution in [0, 0.1) is 0 Å². The van der Waals surface area contributed by atoms with E-state index in [4.69, 9.17) is 4.18 Å². The van der Waals surface area contributed by atoms with Crippen LogP contribution in [0.25, 0.3) is 0 Å².